The molecule has 7 heteroatoms. The molecule has 0 unspecified atom stereocenters. The van der Waals surface area contributed by atoms with Crippen LogP contribution in [0, 0.1) is 5.82 Å². The van der Waals surface area contributed by atoms with E-state index in [1.54, 1.807) is 12.4 Å². The summed E-state index contributed by atoms with van der Waals surface area (Å²) in [5, 5.41) is 1.18. The summed E-state index contributed by atoms with van der Waals surface area (Å²) in [6.07, 6.45) is 3.31. The van der Waals surface area contributed by atoms with Crippen LogP contribution in [-0.2, 0) is 0 Å². The summed E-state index contributed by atoms with van der Waals surface area (Å²) in [5.41, 5.74) is 1.85. The Balaban J connectivity index is 2.36. The van der Waals surface area contributed by atoms with Gasteiger partial charge in [0.25, 0.3) is 0 Å². The zero-order valence-corrected chi connectivity index (χ0v) is 13.8. The van der Waals surface area contributed by atoms with E-state index >= 15 is 0 Å². The summed E-state index contributed by atoms with van der Waals surface area (Å²) >= 11 is 15.4. The molecule has 2 heterocycles. The third-order valence-electron chi connectivity index (χ3n) is 3.13. The molecule has 3 rings (SSSR count). The third-order valence-corrected chi connectivity index (χ3v) is 4.64. The first-order valence-electron chi connectivity index (χ1n) is 5.87. The molecule has 21 heavy (non-hydrogen) atoms. The molecule has 0 saturated carbocycles. The summed E-state index contributed by atoms with van der Waals surface area (Å²) in [6, 6.07) is 2.76. The number of rotatable bonds is 2. The Kier molecular flexibility index (Phi) is 3.82. The number of nitrogens with zero attached hydrogens (tertiary/aromatic N) is 1. The lowest BCUT2D eigenvalue weighted by Gasteiger charge is -2.09. The van der Waals surface area contributed by atoms with Crippen molar-refractivity contribution in [3.05, 3.63) is 44.9 Å². The molecular weight excluding hydrogens is 382 g/mol. The van der Waals surface area contributed by atoms with Gasteiger partial charge in [-0.3, -0.25) is 0 Å². The zero-order valence-electron chi connectivity index (χ0n) is 10.7. The maximum absolute atomic E-state index is 13.8. The first-order valence-corrected chi connectivity index (χ1v) is 7.42. The fourth-order valence-electron chi connectivity index (χ4n) is 2.15. The van der Waals surface area contributed by atoms with Gasteiger partial charge in [-0.2, -0.15) is 0 Å². The number of fused-ring (bicyclic) bond motifs is 1. The second-order valence-electron chi connectivity index (χ2n) is 4.31. The average Bonchev–Trinajstić information content (AvgIpc) is 2.90. The number of ether oxygens (including phenoxy) is 1. The minimum absolute atomic E-state index is 0.000781. The van der Waals surface area contributed by atoms with Crippen molar-refractivity contribution in [1.82, 2.24) is 9.97 Å². The number of hydrogen-bond acceptors (Lipinski definition) is 2. The Hall–Kier alpha value is -1.30. The van der Waals surface area contributed by atoms with E-state index in [1.807, 2.05) is 0 Å². The number of methoxy groups -OCH3 is 1. The Morgan fingerprint density at radius 1 is 1.29 bits per heavy atom. The normalized spacial score (nSPS) is 11.1. The van der Waals surface area contributed by atoms with Crippen molar-refractivity contribution in [3.8, 4) is 16.9 Å². The summed E-state index contributed by atoms with van der Waals surface area (Å²) in [4.78, 5) is 7.25. The van der Waals surface area contributed by atoms with Crippen molar-refractivity contribution < 1.29 is 9.13 Å². The van der Waals surface area contributed by atoms with Crippen LogP contribution >= 0.6 is 39.1 Å². The second kappa shape index (κ2) is 5.48. The Morgan fingerprint density at radius 3 is 2.76 bits per heavy atom. The highest BCUT2D eigenvalue weighted by atomic mass is 79.9. The number of aromatic nitrogens is 2. The molecule has 0 atom stereocenters. The Labute approximate surface area is 138 Å². The van der Waals surface area contributed by atoms with Gasteiger partial charge in [0.2, 0.25) is 0 Å². The summed E-state index contributed by atoms with van der Waals surface area (Å²) in [7, 11) is 1.50. The van der Waals surface area contributed by atoms with Crippen molar-refractivity contribution in [3.63, 3.8) is 0 Å². The maximum atomic E-state index is 13.8. The van der Waals surface area contributed by atoms with E-state index in [4.69, 9.17) is 27.9 Å². The van der Waals surface area contributed by atoms with Crippen LogP contribution in [0.5, 0.6) is 5.75 Å². The fourth-order valence-corrected chi connectivity index (χ4v) is 2.85. The van der Waals surface area contributed by atoms with Gasteiger partial charge in [-0.1, -0.05) is 23.2 Å². The maximum Gasteiger partial charge on any atom is 0.142 e. The third kappa shape index (κ3) is 2.39. The van der Waals surface area contributed by atoms with Gasteiger partial charge < -0.3 is 9.72 Å². The molecule has 0 fully saturated rings. The molecule has 0 aliphatic carbocycles. The number of H-pyrrole nitrogens is 1. The van der Waals surface area contributed by atoms with E-state index in [1.165, 1.54) is 19.2 Å². The van der Waals surface area contributed by atoms with E-state index in [0.29, 0.717) is 37.4 Å². The Bertz CT molecular complexity index is 851. The summed E-state index contributed by atoms with van der Waals surface area (Å²) < 4.78 is 19.8. The van der Waals surface area contributed by atoms with E-state index in [-0.39, 0.29) is 5.02 Å². The fraction of sp³-hybridized carbons (Fsp3) is 0.0714. The van der Waals surface area contributed by atoms with Gasteiger partial charge in [-0.25, -0.2) is 9.37 Å². The van der Waals surface area contributed by atoms with Crippen molar-refractivity contribution >= 4 is 50.2 Å². The standard InChI is InChI=1S/C14H8BrCl2FN2O/c1-21-11-3-9(16)10(18)2-6(11)7-4-19-14-12(7)13(17)8(15)5-20-14/h2-5H,1H3,(H,19,20). The van der Waals surface area contributed by atoms with Gasteiger partial charge in [-0.15, -0.1) is 0 Å². The van der Waals surface area contributed by atoms with Gasteiger partial charge in [0.1, 0.15) is 17.2 Å². The molecule has 0 radical (unpaired) electrons. The molecule has 0 spiro atoms. The molecule has 2 aromatic heterocycles. The lowest BCUT2D eigenvalue weighted by Crippen LogP contribution is -1.90. The lowest BCUT2D eigenvalue weighted by atomic mass is 10.0. The van der Waals surface area contributed by atoms with Crippen LogP contribution in [0.2, 0.25) is 10.0 Å². The SMILES string of the molecule is COc1cc(Cl)c(F)cc1-c1c[nH]c2ncc(Br)c(Cl)c12. The first kappa shape index (κ1) is 14.6. The van der Waals surface area contributed by atoms with Crippen molar-refractivity contribution in [2.45, 2.75) is 0 Å². The van der Waals surface area contributed by atoms with Crippen LogP contribution in [-0.4, -0.2) is 17.1 Å². The number of hydrogen-bond donors (Lipinski definition) is 1. The van der Waals surface area contributed by atoms with Crippen LogP contribution in [0.4, 0.5) is 4.39 Å². The van der Waals surface area contributed by atoms with Crippen LogP contribution in [0.15, 0.2) is 29.0 Å². The van der Waals surface area contributed by atoms with Gasteiger partial charge in [-0.05, 0) is 22.0 Å². The van der Waals surface area contributed by atoms with Crippen LogP contribution in [0.3, 0.4) is 0 Å². The monoisotopic (exact) mass is 388 g/mol. The molecule has 0 aliphatic rings. The highest BCUT2D eigenvalue weighted by Gasteiger charge is 2.18. The summed E-state index contributed by atoms with van der Waals surface area (Å²) in [5.74, 6) is -0.0702. The summed E-state index contributed by atoms with van der Waals surface area (Å²) in [6.45, 7) is 0. The highest BCUT2D eigenvalue weighted by molar-refractivity contribution is 9.10. The van der Waals surface area contributed by atoms with Crippen molar-refractivity contribution in [1.29, 1.82) is 0 Å². The minimum atomic E-state index is -0.527. The first-order chi connectivity index (χ1) is 10.0. The molecule has 0 aliphatic heterocycles. The smallest absolute Gasteiger partial charge is 0.142 e. The highest BCUT2D eigenvalue weighted by Crippen LogP contribution is 2.41. The van der Waals surface area contributed by atoms with E-state index in [2.05, 4.69) is 25.9 Å². The largest absolute Gasteiger partial charge is 0.496 e. The molecule has 3 nitrogen and oxygen atoms in total. The number of nitrogens with one attached hydrogen (secondary N) is 1. The van der Waals surface area contributed by atoms with Crippen molar-refractivity contribution in [2.75, 3.05) is 7.11 Å². The number of pyridine rings is 1. The van der Waals surface area contributed by atoms with Gasteiger partial charge in [0, 0.05) is 35.0 Å². The average molecular weight is 390 g/mol. The quantitative estimate of drug-likeness (QED) is 0.633. The topological polar surface area (TPSA) is 37.9 Å². The molecule has 0 amide bonds. The molecule has 0 bridgehead atoms. The Morgan fingerprint density at radius 2 is 2.05 bits per heavy atom. The lowest BCUT2D eigenvalue weighted by molar-refractivity contribution is 0.415. The molecular formula is C14H8BrCl2FN2O. The van der Waals surface area contributed by atoms with Gasteiger partial charge in [0.05, 0.1) is 21.6 Å². The van der Waals surface area contributed by atoms with E-state index < -0.39 is 5.82 Å². The van der Waals surface area contributed by atoms with Crippen LogP contribution in [0.1, 0.15) is 0 Å². The van der Waals surface area contributed by atoms with Crippen LogP contribution in [0.25, 0.3) is 22.2 Å². The molecule has 108 valence electrons. The van der Waals surface area contributed by atoms with E-state index in [0.717, 1.165) is 0 Å². The van der Waals surface area contributed by atoms with Gasteiger partial charge in [0.15, 0.2) is 0 Å². The van der Waals surface area contributed by atoms with Crippen LogP contribution < -0.4 is 4.74 Å². The number of benzene rings is 1. The van der Waals surface area contributed by atoms with E-state index in [9.17, 15) is 4.39 Å². The molecule has 1 aromatic carbocycles. The predicted octanol–water partition coefficient (Wildman–Crippen LogP) is 5.45. The van der Waals surface area contributed by atoms with Gasteiger partial charge >= 0.3 is 0 Å². The molecule has 1 N–H and O–H groups in total. The second-order valence-corrected chi connectivity index (χ2v) is 5.95. The predicted molar refractivity (Wildman–Crippen MR) is 85.8 cm³/mol. The molecule has 0 saturated heterocycles. The zero-order chi connectivity index (χ0) is 15.1. The van der Waals surface area contributed by atoms with Crippen molar-refractivity contribution in [2.24, 2.45) is 0 Å². The molecule has 3 aromatic rings. The number of aromatic amines is 1. The minimum Gasteiger partial charge on any atom is -0.496 e. The number of halogens is 4.